The molecule has 5 nitrogen and oxygen atoms in total. The maximum Gasteiger partial charge on any atom is 0.191 e. The average molecular weight is 491 g/mol. The molecular formula is C18H27FIN5S. The molecule has 1 aromatic carbocycles. The first-order valence-electron chi connectivity index (χ1n) is 8.42. The summed E-state index contributed by atoms with van der Waals surface area (Å²) in [5, 5.41) is 11.1. The molecule has 0 unspecified atom stereocenters. The summed E-state index contributed by atoms with van der Waals surface area (Å²) in [4.78, 5) is 5.29. The normalized spacial score (nSPS) is 11.2. The molecule has 2 N–H and O–H groups in total. The van der Waals surface area contributed by atoms with E-state index in [4.69, 9.17) is 0 Å². The minimum absolute atomic E-state index is 0. The minimum Gasteiger partial charge on any atom is -0.356 e. The first kappa shape index (κ1) is 22.8. The highest BCUT2D eigenvalue weighted by Gasteiger charge is 2.01. The highest BCUT2D eigenvalue weighted by molar-refractivity contribution is 14.0. The van der Waals surface area contributed by atoms with Gasteiger partial charge in [-0.1, -0.05) is 0 Å². The van der Waals surface area contributed by atoms with Crippen molar-refractivity contribution in [2.75, 3.05) is 25.9 Å². The molecular weight excluding hydrogens is 464 g/mol. The van der Waals surface area contributed by atoms with Crippen molar-refractivity contribution < 1.29 is 4.39 Å². The SMILES string of the molecule is CN=C(NCCCn1nc(C)cc1C)NCCSc1ccc(F)cc1.I. The molecule has 0 spiro atoms. The van der Waals surface area contributed by atoms with Crippen LogP contribution in [0.1, 0.15) is 17.8 Å². The molecule has 1 heterocycles. The summed E-state index contributed by atoms with van der Waals surface area (Å²) in [5.74, 6) is 1.48. The third-order valence-electron chi connectivity index (χ3n) is 3.64. The van der Waals surface area contributed by atoms with E-state index >= 15 is 0 Å². The quantitative estimate of drug-likeness (QED) is 0.195. The van der Waals surface area contributed by atoms with Crippen LogP contribution in [0.2, 0.25) is 0 Å². The Kier molecular flexibility index (Phi) is 10.6. The highest BCUT2D eigenvalue weighted by Crippen LogP contribution is 2.17. The predicted molar refractivity (Wildman–Crippen MR) is 118 cm³/mol. The van der Waals surface area contributed by atoms with Gasteiger partial charge in [0.25, 0.3) is 0 Å². The summed E-state index contributed by atoms with van der Waals surface area (Å²) in [6.45, 7) is 6.61. The first-order chi connectivity index (χ1) is 12.1. The Hall–Kier alpha value is -1.29. The number of benzene rings is 1. The number of aliphatic imine (C=N–C) groups is 1. The monoisotopic (exact) mass is 491 g/mol. The van der Waals surface area contributed by atoms with Crippen LogP contribution in [0.3, 0.4) is 0 Å². The van der Waals surface area contributed by atoms with E-state index in [9.17, 15) is 4.39 Å². The van der Waals surface area contributed by atoms with Gasteiger partial charge in [0.05, 0.1) is 5.69 Å². The van der Waals surface area contributed by atoms with E-state index in [1.165, 1.54) is 17.8 Å². The number of nitrogens with zero attached hydrogens (tertiary/aromatic N) is 3. The number of guanidine groups is 1. The van der Waals surface area contributed by atoms with Crippen molar-refractivity contribution >= 4 is 41.7 Å². The van der Waals surface area contributed by atoms with E-state index < -0.39 is 0 Å². The van der Waals surface area contributed by atoms with Crippen molar-refractivity contribution in [2.45, 2.75) is 31.7 Å². The lowest BCUT2D eigenvalue weighted by Gasteiger charge is -2.12. The molecule has 8 heteroatoms. The zero-order chi connectivity index (χ0) is 18.1. The van der Waals surface area contributed by atoms with Gasteiger partial charge in [-0.15, -0.1) is 35.7 Å². The zero-order valence-electron chi connectivity index (χ0n) is 15.5. The molecule has 2 aromatic rings. The van der Waals surface area contributed by atoms with Gasteiger partial charge < -0.3 is 10.6 Å². The Morgan fingerprint density at radius 3 is 2.50 bits per heavy atom. The number of hydrogen-bond acceptors (Lipinski definition) is 3. The molecule has 0 aliphatic carbocycles. The van der Waals surface area contributed by atoms with Crippen molar-refractivity contribution in [3.8, 4) is 0 Å². The third-order valence-corrected chi connectivity index (χ3v) is 4.66. The molecule has 1 aromatic heterocycles. The topological polar surface area (TPSA) is 54.2 Å². The standard InChI is InChI=1S/C18H26FN5S.HI/c1-14-13-15(2)24(23-14)11-4-9-21-18(20-3)22-10-12-25-17-7-5-16(19)6-8-17;/h5-8,13H,4,9-12H2,1-3H3,(H2,20,21,22);1H. The van der Waals surface area contributed by atoms with Crippen molar-refractivity contribution in [3.63, 3.8) is 0 Å². The van der Waals surface area contributed by atoms with Crippen LogP contribution < -0.4 is 10.6 Å². The summed E-state index contributed by atoms with van der Waals surface area (Å²) < 4.78 is 14.9. The van der Waals surface area contributed by atoms with E-state index in [1.807, 2.05) is 11.6 Å². The Labute approximate surface area is 176 Å². The van der Waals surface area contributed by atoms with Crippen LogP contribution in [0.5, 0.6) is 0 Å². The van der Waals surface area contributed by atoms with Crippen LogP contribution in [-0.4, -0.2) is 41.6 Å². The van der Waals surface area contributed by atoms with Crippen molar-refractivity contribution in [1.82, 2.24) is 20.4 Å². The minimum atomic E-state index is -0.201. The van der Waals surface area contributed by atoms with Crippen molar-refractivity contribution in [2.24, 2.45) is 4.99 Å². The Morgan fingerprint density at radius 2 is 1.88 bits per heavy atom. The summed E-state index contributed by atoms with van der Waals surface area (Å²) in [6, 6.07) is 8.66. The summed E-state index contributed by atoms with van der Waals surface area (Å²) in [5.41, 5.74) is 2.25. The zero-order valence-corrected chi connectivity index (χ0v) is 18.6. The fourth-order valence-electron chi connectivity index (χ4n) is 2.43. The second-order valence-corrected chi connectivity index (χ2v) is 6.90. The maximum absolute atomic E-state index is 12.9. The second kappa shape index (κ2) is 12.2. The van der Waals surface area contributed by atoms with Gasteiger partial charge in [0.15, 0.2) is 5.96 Å². The number of halogens is 2. The lowest BCUT2D eigenvalue weighted by atomic mass is 10.4. The van der Waals surface area contributed by atoms with E-state index in [2.05, 4.69) is 33.7 Å². The number of aryl methyl sites for hydroxylation is 3. The molecule has 144 valence electrons. The molecule has 26 heavy (non-hydrogen) atoms. The van der Waals surface area contributed by atoms with Crippen LogP contribution in [0.15, 0.2) is 40.2 Å². The number of rotatable bonds is 8. The third kappa shape index (κ3) is 7.94. The molecule has 0 radical (unpaired) electrons. The second-order valence-electron chi connectivity index (χ2n) is 5.73. The lowest BCUT2D eigenvalue weighted by Crippen LogP contribution is -2.39. The molecule has 0 bridgehead atoms. The number of hydrogen-bond donors (Lipinski definition) is 2. The van der Waals surface area contributed by atoms with E-state index in [0.717, 1.165) is 48.4 Å². The first-order valence-corrected chi connectivity index (χ1v) is 9.41. The molecule has 0 atom stereocenters. The van der Waals surface area contributed by atoms with Gasteiger partial charge >= 0.3 is 0 Å². The predicted octanol–water partition coefficient (Wildman–Crippen LogP) is 3.60. The van der Waals surface area contributed by atoms with Gasteiger partial charge in [-0.25, -0.2) is 4.39 Å². The van der Waals surface area contributed by atoms with Crippen molar-refractivity contribution in [3.05, 3.63) is 47.5 Å². The highest BCUT2D eigenvalue weighted by atomic mass is 127. The molecule has 0 saturated carbocycles. The van der Waals surface area contributed by atoms with Crippen LogP contribution in [0.25, 0.3) is 0 Å². The van der Waals surface area contributed by atoms with Crippen LogP contribution in [-0.2, 0) is 6.54 Å². The molecule has 0 amide bonds. The summed E-state index contributed by atoms with van der Waals surface area (Å²) >= 11 is 1.69. The van der Waals surface area contributed by atoms with Gasteiger partial charge in [-0.3, -0.25) is 9.67 Å². The smallest absolute Gasteiger partial charge is 0.191 e. The molecule has 0 fully saturated rings. The fraction of sp³-hybridized carbons (Fsp3) is 0.444. The number of thioether (sulfide) groups is 1. The van der Waals surface area contributed by atoms with E-state index in [-0.39, 0.29) is 29.8 Å². The fourth-order valence-corrected chi connectivity index (χ4v) is 3.20. The van der Waals surface area contributed by atoms with Crippen LogP contribution >= 0.6 is 35.7 Å². The largest absolute Gasteiger partial charge is 0.356 e. The van der Waals surface area contributed by atoms with E-state index in [0.29, 0.717) is 0 Å². The molecule has 0 aliphatic heterocycles. The number of aromatic nitrogens is 2. The summed E-state index contributed by atoms with van der Waals surface area (Å²) in [7, 11) is 1.77. The number of nitrogens with one attached hydrogen (secondary N) is 2. The van der Waals surface area contributed by atoms with Gasteiger partial charge in [0, 0.05) is 43.0 Å². The Morgan fingerprint density at radius 1 is 1.19 bits per heavy atom. The van der Waals surface area contributed by atoms with Crippen LogP contribution in [0.4, 0.5) is 4.39 Å². The Balaban J connectivity index is 0.00000338. The molecule has 0 saturated heterocycles. The van der Waals surface area contributed by atoms with E-state index in [1.54, 1.807) is 30.9 Å². The average Bonchev–Trinajstić information content (AvgIpc) is 2.92. The van der Waals surface area contributed by atoms with Crippen molar-refractivity contribution in [1.29, 1.82) is 0 Å². The Bertz CT molecular complexity index is 687. The molecule has 0 aliphatic rings. The van der Waals surface area contributed by atoms with Gasteiger partial charge in [-0.2, -0.15) is 5.10 Å². The van der Waals surface area contributed by atoms with Gasteiger partial charge in [-0.05, 0) is 50.6 Å². The van der Waals surface area contributed by atoms with Gasteiger partial charge in [0.2, 0.25) is 0 Å². The lowest BCUT2D eigenvalue weighted by molar-refractivity contribution is 0.555. The maximum atomic E-state index is 12.9. The molecule has 2 rings (SSSR count). The van der Waals surface area contributed by atoms with Gasteiger partial charge in [0.1, 0.15) is 5.82 Å². The van der Waals surface area contributed by atoms with Crippen LogP contribution in [0, 0.1) is 19.7 Å². The summed E-state index contributed by atoms with van der Waals surface area (Å²) in [6.07, 6.45) is 0.979.